The van der Waals surface area contributed by atoms with Gasteiger partial charge in [0.25, 0.3) is 0 Å². The number of allylic oxidation sites excluding steroid dienone is 2. The van der Waals surface area contributed by atoms with Crippen LogP contribution in [0.2, 0.25) is 0 Å². The Morgan fingerprint density at radius 3 is 2.68 bits per heavy atom. The van der Waals surface area contributed by atoms with Crippen molar-refractivity contribution < 1.29 is 18.0 Å². The molecule has 0 spiro atoms. The highest BCUT2D eigenvalue weighted by Crippen LogP contribution is 2.32. The van der Waals surface area contributed by atoms with E-state index < -0.39 is 11.7 Å². The van der Waals surface area contributed by atoms with Crippen LogP contribution in [0.5, 0.6) is 0 Å². The smallest absolute Gasteiger partial charge is 0.355 e. The molecule has 1 atom stereocenters. The zero-order valence-electron chi connectivity index (χ0n) is 12.4. The molecule has 1 N–H and O–H groups in total. The molecule has 1 unspecified atom stereocenters. The standard InChI is InChI=1S/C16H19F3N2O/c1-15(8-3-2-4-9-15)14(22)20-10-7-13-6-5-12(11-21-13)16(17,18)19/h2-3,5-6,11H,4,7-10H2,1H3,(H,20,22). The van der Waals surface area contributed by atoms with Crippen molar-refractivity contribution in [2.45, 2.75) is 38.8 Å². The van der Waals surface area contributed by atoms with Crippen LogP contribution in [-0.2, 0) is 17.4 Å². The first kappa shape index (κ1) is 16.5. The van der Waals surface area contributed by atoms with Gasteiger partial charge in [-0.3, -0.25) is 9.78 Å². The lowest BCUT2D eigenvalue weighted by Gasteiger charge is -2.29. The number of nitrogens with zero attached hydrogens (tertiary/aromatic N) is 1. The van der Waals surface area contributed by atoms with Gasteiger partial charge in [-0.1, -0.05) is 19.1 Å². The third-order valence-electron chi connectivity index (χ3n) is 3.96. The second-order valence-electron chi connectivity index (χ2n) is 5.82. The van der Waals surface area contributed by atoms with Crippen LogP contribution in [-0.4, -0.2) is 17.4 Å². The Hall–Kier alpha value is -1.85. The summed E-state index contributed by atoms with van der Waals surface area (Å²) >= 11 is 0. The summed E-state index contributed by atoms with van der Waals surface area (Å²) in [5, 5.41) is 2.85. The first-order valence-electron chi connectivity index (χ1n) is 7.27. The van der Waals surface area contributed by atoms with Gasteiger partial charge < -0.3 is 5.32 Å². The van der Waals surface area contributed by atoms with Gasteiger partial charge >= 0.3 is 6.18 Å². The number of carbonyl (C=O) groups excluding carboxylic acids is 1. The molecule has 0 bridgehead atoms. The van der Waals surface area contributed by atoms with Gasteiger partial charge in [-0.2, -0.15) is 13.2 Å². The quantitative estimate of drug-likeness (QED) is 0.865. The Balaban J connectivity index is 1.83. The van der Waals surface area contributed by atoms with E-state index in [1.807, 2.05) is 13.0 Å². The van der Waals surface area contributed by atoms with Gasteiger partial charge in [0.05, 0.1) is 11.0 Å². The lowest BCUT2D eigenvalue weighted by molar-refractivity contribution is -0.137. The fraction of sp³-hybridized carbons (Fsp3) is 0.500. The lowest BCUT2D eigenvalue weighted by atomic mass is 9.78. The van der Waals surface area contributed by atoms with Gasteiger partial charge in [0.2, 0.25) is 5.91 Å². The maximum Gasteiger partial charge on any atom is 0.417 e. The van der Waals surface area contributed by atoms with Gasteiger partial charge in [-0.25, -0.2) is 0 Å². The summed E-state index contributed by atoms with van der Waals surface area (Å²) in [4.78, 5) is 16.0. The van der Waals surface area contributed by atoms with Gasteiger partial charge in [0.15, 0.2) is 0 Å². The van der Waals surface area contributed by atoms with Crippen molar-refractivity contribution in [3.63, 3.8) is 0 Å². The van der Waals surface area contributed by atoms with Crippen molar-refractivity contribution >= 4 is 5.91 Å². The van der Waals surface area contributed by atoms with Crippen LogP contribution in [0.1, 0.15) is 37.4 Å². The number of aromatic nitrogens is 1. The van der Waals surface area contributed by atoms with Gasteiger partial charge in [0, 0.05) is 24.9 Å². The van der Waals surface area contributed by atoms with Crippen LogP contribution in [0.15, 0.2) is 30.5 Å². The summed E-state index contributed by atoms with van der Waals surface area (Å²) in [6.45, 7) is 2.30. The first-order valence-corrected chi connectivity index (χ1v) is 7.27. The number of alkyl halides is 3. The number of pyridine rings is 1. The molecule has 1 heterocycles. The zero-order chi connectivity index (χ0) is 16.2. The van der Waals surface area contributed by atoms with Crippen LogP contribution < -0.4 is 5.32 Å². The van der Waals surface area contributed by atoms with E-state index in [0.717, 1.165) is 31.5 Å². The molecule has 0 aliphatic heterocycles. The maximum absolute atomic E-state index is 12.4. The number of carbonyl (C=O) groups is 1. The molecule has 2 rings (SSSR count). The Bertz CT molecular complexity index is 552. The van der Waals surface area contributed by atoms with E-state index in [1.165, 1.54) is 6.07 Å². The summed E-state index contributed by atoms with van der Waals surface area (Å²) in [5.41, 5.74) is -0.619. The molecule has 0 saturated heterocycles. The van der Waals surface area contributed by atoms with Gasteiger partial charge in [-0.15, -0.1) is 0 Å². The molecule has 1 aliphatic carbocycles. The van der Waals surface area contributed by atoms with E-state index >= 15 is 0 Å². The molecule has 1 amide bonds. The van der Waals surface area contributed by atoms with Crippen molar-refractivity contribution in [2.24, 2.45) is 5.41 Å². The van der Waals surface area contributed by atoms with E-state index in [2.05, 4.69) is 16.4 Å². The summed E-state index contributed by atoms with van der Waals surface area (Å²) in [6, 6.07) is 2.36. The highest BCUT2D eigenvalue weighted by Gasteiger charge is 2.32. The number of nitrogens with one attached hydrogen (secondary N) is 1. The summed E-state index contributed by atoms with van der Waals surface area (Å²) in [5.74, 6) is -0.0104. The van der Waals surface area contributed by atoms with Crippen LogP contribution in [0, 0.1) is 5.41 Å². The minimum Gasteiger partial charge on any atom is -0.355 e. The maximum atomic E-state index is 12.4. The third kappa shape index (κ3) is 4.08. The second-order valence-corrected chi connectivity index (χ2v) is 5.82. The fourth-order valence-electron chi connectivity index (χ4n) is 2.43. The van der Waals surface area contributed by atoms with E-state index in [1.54, 1.807) is 0 Å². The molecule has 0 saturated carbocycles. The normalized spacial score (nSPS) is 21.6. The molecule has 22 heavy (non-hydrogen) atoms. The van der Waals surface area contributed by atoms with Crippen molar-refractivity contribution in [1.82, 2.24) is 10.3 Å². The summed E-state index contributed by atoms with van der Waals surface area (Å²) in [6.07, 6.45) is 3.38. The van der Waals surface area contributed by atoms with E-state index in [-0.39, 0.29) is 11.3 Å². The molecule has 0 fully saturated rings. The predicted molar refractivity (Wildman–Crippen MR) is 77.1 cm³/mol. The molecule has 0 aromatic carbocycles. The monoisotopic (exact) mass is 312 g/mol. The third-order valence-corrected chi connectivity index (χ3v) is 3.96. The van der Waals surface area contributed by atoms with Gasteiger partial charge in [-0.05, 0) is 31.4 Å². The molecular weight excluding hydrogens is 293 g/mol. The molecule has 3 nitrogen and oxygen atoms in total. The van der Waals surface area contributed by atoms with E-state index in [4.69, 9.17) is 0 Å². The first-order chi connectivity index (χ1) is 10.3. The predicted octanol–water partition coefficient (Wildman–Crippen LogP) is 3.51. The minimum atomic E-state index is -4.37. The number of halogens is 3. The Kier molecular flexibility index (Phi) is 4.88. The van der Waals surface area contributed by atoms with Crippen molar-refractivity contribution in [2.75, 3.05) is 6.54 Å². The Labute approximate surface area is 127 Å². The lowest BCUT2D eigenvalue weighted by Crippen LogP contribution is -2.40. The molecule has 120 valence electrons. The van der Waals surface area contributed by atoms with E-state index in [9.17, 15) is 18.0 Å². The molecule has 1 aliphatic rings. The fourth-order valence-corrected chi connectivity index (χ4v) is 2.43. The highest BCUT2D eigenvalue weighted by molar-refractivity contribution is 5.82. The van der Waals surface area contributed by atoms with Crippen molar-refractivity contribution in [3.05, 3.63) is 41.7 Å². The van der Waals surface area contributed by atoms with E-state index in [0.29, 0.717) is 18.7 Å². The summed E-state index contributed by atoms with van der Waals surface area (Å²) < 4.78 is 37.3. The van der Waals surface area contributed by atoms with Crippen LogP contribution in [0.25, 0.3) is 0 Å². The topological polar surface area (TPSA) is 42.0 Å². The van der Waals surface area contributed by atoms with Crippen LogP contribution in [0.4, 0.5) is 13.2 Å². The number of hydrogen-bond donors (Lipinski definition) is 1. The number of amides is 1. The molecule has 0 radical (unpaired) electrons. The summed E-state index contributed by atoms with van der Waals surface area (Å²) in [7, 11) is 0. The van der Waals surface area contributed by atoms with Crippen LogP contribution in [0.3, 0.4) is 0 Å². The number of hydrogen-bond acceptors (Lipinski definition) is 2. The van der Waals surface area contributed by atoms with Crippen LogP contribution >= 0.6 is 0 Å². The molecule has 6 heteroatoms. The number of rotatable bonds is 4. The van der Waals surface area contributed by atoms with Crippen molar-refractivity contribution in [3.8, 4) is 0 Å². The molecular formula is C16H19F3N2O. The second kappa shape index (κ2) is 6.50. The molecule has 1 aromatic rings. The highest BCUT2D eigenvalue weighted by atomic mass is 19.4. The molecule has 1 aromatic heterocycles. The Morgan fingerprint density at radius 2 is 2.14 bits per heavy atom. The zero-order valence-corrected chi connectivity index (χ0v) is 12.4. The SMILES string of the molecule is CC1(C(=O)NCCc2ccc(C(F)(F)F)cn2)CC=CCC1. The van der Waals surface area contributed by atoms with Crippen molar-refractivity contribution in [1.29, 1.82) is 0 Å². The van der Waals surface area contributed by atoms with Gasteiger partial charge in [0.1, 0.15) is 0 Å². The average molecular weight is 312 g/mol. The minimum absolute atomic E-state index is 0.0104. The largest absolute Gasteiger partial charge is 0.417 e. The Morgan fingerprint density at radius 1 is 1.36 bits per heavy atom. The average Bonchev–Trinajstić information content (AvgIpc) is 2.47.